The molecule has 0 bridgehead atoms. The Bertz CT molecular complexity index is 540. The Kier molecular flexibility index (Phi) is 6.10. The summed E-state index contributed by atoms with van der Waals surface area (Å²) in [5.74, 6) is 2.64. The number of ether oxygens (including phenoxy) is 2. The van der Waals surface area contributed by atoms with E-state index in [0.29, 0.717) is 0 Å². The van der Waals surface area contributed by atoms with E-state index >= 15 is 0 Å². The molecule has 0 saturated heterocycles. The molecule has 21 heavy (non-hydrogen) atoms. The summed E-state index contributed by atoms with van der Waals surface area (Å²) in [6, 6.07) is 15.8. The van der Waals surface area contributed by atoms with Crippen LogP contribution in [0.2, 0.25) is 0 Å². The van der Waals surface area contributed by atoms with Crippen LogP contribution in [0.5, 0.6) is 17.2 Å². The highest BCUT2D eigenvalue weighted by atomic mass is 16.5. The summed E-state index contributed by atoms with van der Waals surface area (Å²) < 4.78 is 11.7. The van der Waals surface area contributed by atoms with Gasteiger partial charge >= 0.3 is 0 Å². The second-order valence-electron chi connectivity index (χ2n) is 4.89. The summed E-state index contributed by atoms with van der Waals surface area (Å²) in [5.41, 5.74) is 1.17. The van der Waals surface area contributed by atoms with Gasteiger partial charge in [0.1, 0.15) is 17.2 Å². The monoisotopic (exact) mass is 285 g/mol. The maximum absolute atomic E-state index is 5.88. The van der Waals surface area contributed by atoms with E-state index in [2.05, 4.69) is 18.3 Å². The van der Waals surface area contributed by atoms with Crippen molar-refractivity contribution in [1.82, 2.24) is 5.32 Å². The summed E-state index contributed by atoms with van der Waals surface area (Å²) in [4.78, 5) is 0. The molecule has 0 radical (unpaired) electrons. The summed E-state index contributed by atoms with van der Waals surface area (Å²) >= 11 is 0. The first kappa shape index (κ1) is 15.4. The average Bonchev–Trinajstić information content (AvgIpc) is 2.53. The molecule has 0 fully saturated rings. The van der Waals surface area contributed by atoms with Crippen LogP contribution >= 0.6 is 0 Å². The highest BCUT2D eigenvalue weighted by molar-refractivity contribution is 5.42. The molecule has 0 aromatic heterocycles. The minimum Gasteiger partial charge on any atom is -0.493 e. The Balaban J connectivity index is 2.15. The van der Waals surface area contributed by atoms with Crippen molar-refractivity contribution < 1.29 is 9.47 Å². The third kappa shape index (κ3) is 4.80. The molecule has 0 atom stereocenters. The van der Waals surface area contributed by atoms with Crippen LogP contribution in [0.3, 0.4) is 0 Å². The van der Waals surface area contributed by atoms with Crippen LogP contribution in [0.15, 0.2) is 48.5 Å². The Morgan fingerprint density at radius 2 is 1.81 bits per heavy atom. The second kappa shape index (κ2) is 8.32. The van der Waals surface area contributed by atoms with Gasteiger partial charge in [0.15, 0.2) is 0 Å². The third-order valence-electron chi connectivity index (χ3n) is 3.12. The summed E-state index contributed by atoms with van der Waals surface area (Å²) in [5, 5.41) is 3.17. The SMILES string of the molecule is CCCOc1ccc(Oc2ccccc2)cc1CCNC. The molecule has 2 aromatic rings. The molecule has 0 spiro atoms. The summed E-state index contributed by atoms with van der Waals surface area (Å²) in [6.07, 6.45) is 1.93. The van der Waals surface area contributed by atoms with Gasteiger partial charge in [-0.1, -0.05) is 25.1 Å². The van der Waals surface area contributed by atoms with Gasteiger partial charge in [0.2, 0.25) is 0 Å². The number of hydrogen-bond acceptors (Lipinski definition) is 3. The Morgan fingerprint density at radius 1 is 1.00 bits per heavy atom. The molecule has 0 aliphatic carbocycles. The van der Waals surface area contributed by atoms with E-state index in [1.165, 1.54) is 5.56 Å². The van der Waals surface area contributed by atoms with E-state index in [9.17, 15) is 0 Å². The van der Waals surface area contributed by atoms with Gasteiger partial charge in [-0.15, -0.1) is 0 Å². The van der Waals surface area contributed by atoms with Gasteiger partial charge in [-0.05, 0) is 62.3 Å². The Labute approximate surface area is 126 Å². The van der Waals surface area contributed by atoms with Gasteiger partial charge in [0, 0.05) is 0 Å². The Hall–Kier alpha value is -2.00. The molecular weight excluding hydrogens is 262 g/mol. The quantitative estimate of drug-likeness (QED) is 0.794. The molecule has 2 rings (SSSR count). The first-order valence-electron chi connectivity index (χ1n) is 7.46. The van der Waals surface area contributed by atoms with Crippen LogP contribution in [0, 0.1) is 0 Å². The van der Waals surface area contributed by atoms with E-state index in [-0.39, 0.29) is 0 Å². The lowest BCUT2D eigenvalue weighted by Crippen LogP contribution is -2.11. The summed E-state index contributed by atoms with van der Waals surface area (Å²) in [7, 11) is 1.96. The molecule has 112 valence electrons. The van der Waals surface area contributed by atoms with Crippen molar-refractivity contribution in [3.8, 4) is 17.2 Å². The predicted molar refractivity (Wildman–Crippen MR) is 86.4 cm³/mol. The molecule has 3 heteroatoms. The van der Waals surface area contributed by atoms with Gasteiger partial charge < -0.3 is 14.8 Å². The number of rotatable bonds is 8. The van der Waals surface area contributed by atoms with Crippen molar-refractivity contribution in [2.45, 2.75) is 19.8 Å². The van der Waals surface area contributed by atoms with Gasteiger partial charge in [-0.3, -0.25) is 0 Å². The number of para-hydroxylation sites is 1. The number of hydrogen-bond donors (Lipinski definition) is 1. The van der Waals surface area contributed by atoms with E-state index in [4.69, 9.17) is 9.47 Å². The normalized spacial score (nSPS) is 10.4. The van der Waals surface area contributed by atoms with Gasteiger partial charge in [-0.25, -0.2) is 0 Å². The number of nitrogens with one attached hydrogen (secondary N) is 1. The molecule has 3 nitrogen and oxygen atoms in total. The van der Waals surface area contributed by atoms with Crippen molar-refractivity contribution in [3.63, 3.8) is 0 Å². The van der Waals surface area contributed by atoms with Crippen LogP contribution in [-0.2, 0) is 6.42 Å². The van der Waals surface area contributed by atoms with Crippen LogP contribution in [0.25, 0.3) is 0 Å². The van der Waals surface area contributed by atoms with Gasteiger partial charge in [0.25, 0.3) is 0 Å². The van der Waals surface area contributed by atoms with Gasteiger partial charge in [-0.2, -0.15) is 0 Å². The third-order valence-corrected chi connectivity index (χ3v) is 3.12. The van der Waals surface area contributed by atoms with Crippen LogP contribution < -0.4 is 14.8 Å². The fourth-order valence-electron chi connectivity index (χ4n) is 2.05. The molecule has 0 heterocycles. The molecule has 0 unspecified atom stereocenters. The lowest BCUT2D eigenvalue weighted by Gasteiger charge is -2.13. The van der Waals surface area contributed by atoms with E-state index in [1.807, 2.05) is 49.5 Å². The first-order chi connectivity index (χ1) is 10.3. The van der Waals surface area contributed by atoms with Crippen LogP contribution in [-0.4, -0.2) is 20.2 Å². The standard InChI is InChI=1S/C18H23NO2/c1-3-13-20-18-10-9-17(14-15(18)11-12-19-2)21-16-7-5-4-6-8-16/h4-10,14,19H,3,11-13H2,1-2H3. The van der Waals surface area contributed by atoms with E-state index < -0.39 is 0 Å². The van der Waals surface area contributed by atoms with Crippen molar-refractivity contribution in [1.29, 1.82) is 0 Å². The zero-order valence-corrected chi connectivity index (χ0v) is 12.8. The molecular formula is C18H23NO2. The fourth-order valence-corrected chi connectivity index (χ4v) is 2.05. The van der Waals surface area contributed by atoms with Crippen LogP contribution in [0.1, 0.15) is 18.9 Å². The number of benzene rings is 2. The molecule has 0 saturated carbocycles. The second-order valence-corrected chi connectivity index (χ2v) is 4.89. The molecule has 2 aromatic carbocycles. The molecule has 0 aliphatic heterocycles. The Morgan fingerprint density at radius 3 is 2.52 bits per heavy atom. The molecule has 1 N–H and O–H groups in total. The van der Waals surface area contributed by atoms with Crippen LogP contribution in [0.4, 0.5) is 0 Å². The zero-order valence-electron chi connectivity index (χ0n) is 12.8. The topological polar surface area (TPSA) is 30.5 Å². The largest absolute Gasteiger partial charge is 0.493 e. The molecule has 0 aliphatic rings. The van der Waals surface area contributed by atoms with Crippen molar-refractivity contribution >= 4 is 0 Å². The predicted octanol–water partition coefficient (Wildman–Crippen LogP) is 4.03. The van der Waals surface area contributed by atoms with Crippen molar-refractivity contribution in [3.05, 3.63) is 54.1 Å². The van der Waals surface area contributed by atoms with Crippen molar-refractivity contribution in [2.75, 3.05) is 20.2 Å². The highest BCUT2D eigenvalue weighted by Crippen LogP contribution is 2.28. The van der Waals surface area contributed by atoms with Gasteiger partial charge in [0.05, 0.1) is 6.61 Å². The van der Waals surface area contributed by atoms with E-state index in [1.54, 1.807) is 0 Å². The maximum atomic E-state index is 5.88. The lowest BCUT2D eigenvalue weighted by molar-refractivity contribution is 0.313. The number of likely N-dealkylation sites (N-methyl/N-ethyl adjacent to an activating group) is 1. The minimum absolute atomic E-state index is 0.742. The zero-order chi connectivity index (χ0) is 14.9. The minimum atomic E-state index is 0.742. The average molecular weight is 285 g/mol. The lowest BCUT2D eigenvalue weighted by atomic mass is 10.1. The van der Waals surface area contributed by atoms with Crippen molar-refractivity contribution in [2.24, 2.45) is 0 Å². The highest BCUT2D eigenvalue weighted by Gasteiger charge is 2.06. The summed E-state index contributed by atoms with van der Waals surface area (Å²) in [6.45, 7) is 3.77. The smallest absolute Gasteiger partial charge is 0.127 e. The van der Waals surface area contributed by atoms with E-state index in [0.717, 1.165) is 43.2 Å². The maximum Gasteiger partial charge on any atom is 0.127 e. The molecule has 0 amide bonds. The first-order valence-corrected chi connectivity index (χ1v) is 7.46. The fraction of sp³-hybridized carbons (Fsp3) is 0.333.